The van der Waals surface area contributed by atoms with Gasteiger partial charge in [-0.1, -0.05) is 18.2 Å². The van der Waals surface area contributed by atoms with Gasteiger partial charge >= 0.3 is 5.97 Å². The number of hydrogen-bond acceptors (Lipinski definition) is 5. The predicted octanol–water partition coefficient (Wildman–Crippen LogP) is 4.13. The van der Waals surface area contributed by atoms with Crippen molar-refractivity contribution in [2.45, 2.75) is 32.1 Å². The molecule has 1 aliphatic carbocycles. The zero-order valence-electron chi connectivity index (χ0n) is 17.7. The van der Waals surface area contributed by atoms with Gasteiger partial charge in [0.05, 0.1) is 18.2 Å². The van der Waals surface area contributed by atoms with E-state index >= 15 is 0 Å². The van der Waals surface area contributed by atoms with E-state index in [1.807, 2.05) is 6.07 Å². The van der Waals surface area contributed by atoms with E-state index in [0.29, 0.717) is 17.7 Å². The first-order valence-electron chi connectivity index (χ1n) is 10.8. The standard InChI is InChI=1S/C25H27N3O3/c1-31-25(30)18-13-11-17(12-14-18)24(29)27-16-6-15-26-23-19-7-2-4-9-21(19)28-22-10-5-3-8-20(22)23/h2,4,7,9,11-14H,3,5-6,8,10,15-16H2,1H3,(H,26,28)(H,27,29). The summed E-state index contributed by atoms with van der Waals surface area (Å²) in [6, 6.07) is 14.7. The Hall–Kier alpha value is -3.41. The molecule has 0 aliphatic heterocycles. The van der Waals surface area contributed by atoms with E-state index in [1.165, 1.54) is 36.9 Å². The third kappa shape index (κ3) is 4.68. The minimum atomic E-state index is -0.413. The number of ether oxygens (including phenoxy) is 1. The topological polar surface area (TPSA) is 80.3 Å². The van der Waals surface area contributed by atoms with Crippen molar-refractivity contribution in [1.29, 1.82) is 0 Å². The maximum atomic E-state index is 12.3. The average Bonchev–Trinajstić information content (AvgIpc) is 2.82. The van der Waals surface area contributed by atoms with E-state index in [0.717, 1.165) is 36.7 Å². The fourth-order valence-electron chi connectivity index (χ4n) is 4.06. The number of benzene rings is 2. The summed E-state index contributed by atoms with van der Waals surface area (Å²) in [5, 5.41) is 7.72. The number of anilines is 1. The molecule has 1 aromatic heterocycles. The number of carbonyl (C=O) groups excluding carboxylic acids is 2. The molecular weight excluding hydrogens is 390 g/mol. The lowest BCUT2D eigenvalue weighted by Crippen LogP contribution is -2.26. The van der Waals surface area contributed by atoms with Crippen LogP contribution in [0.5, 0.6) is 0 Å². The molecule has 0 saturated carbocycles. The number of hydrogen-bond donors (Lipinski definition) is 2. The highest BCUT2D eigenvalue weighted by molar-refractivity contribution is 5.96. The molecule has 3 aromatic rings. The zero-order chi connectivity index (χ0) is 21.6. The van der Waals surface area contributed by atoms with Crippen LogP contribution in [-0.4, -0.2) is 37.1 Å². The molecule has 0 fully saturated rings. The van der Waals surface area contributed by atoms with Crippen molar-refractivity contribution in [3.63, 3.8) is 0 Å². The summed E-state index contributed by atoms with van der Waals surface area (Å²) in [5.74, 6) is -0.563. The Kier molecular flexibility index (Phi) is 6.46. The Balaban J connectivity index is 1.34. The summed E-state index contributed by atoms with van der Waals surface area (Å²) in [4.78, 5) is 28.7. The average molecular weight is 418 g/mol. The van der Waals surface area contributed by atoms with Crippen molar-refractivity contribution in [1.82, 2.24) is 10.3 Å². The lowest BCUT2D eigenvalue weighted by Gasteiger charge is -2.21. The Morgan fingerprint density at radius 3 is 2.52 bits per heavy atom. The molecular formula is C25H27N3O3. The van der Waals surface area contributed by atoms with Crippen molar-refractivity contribution in [3.05, 3.63) is 70.9 Å². The molecule has 1 aliphatic rings. The first kappa shape index (κ1) is 20.8. The number of methoxy groups -OCH3 is 1. The second-order valence-corrected chi connectivity index (χ2v) is 7.74. The van der Waals surface area contributed by atoms with Gasteiger partial charge in [-0.25, -0.2) is 4.79 Å². The van der Waals surface area contributed by atoms with Crippen LogP contribution >= 0.6 is 0 Å². The Bertz CT molecular complexity index is 1090. The van der Waals surface area contributed by atoms with E-state index in [-0.39, 0.29) is 5.91 Å². The van der Waals surface area contributed by atoms with E-state index in [1.54, 1.807) is 24.3 Å². The number of rotatable bonds is 7. The summed E-state index contributed by atoms with van der Waals surface area (Å²) in [6.07, 6.45) is 5.31. The van der Waals surface area contributed by atoms with Crippen molar-refractivity contribution in [2.75, 3.05) is 25.5 Å². The Morgan fingerprint density at radius 1 is 0.968 bits per heavy atom. The minimum absolute atomic E-state index is 0.150. The van der Waals surface area contributed by atoms with Crippen LogP contribution in [0.25, 0.3) is 10.9 Å². The number of para-hydroxylation sites is 1. The van der Waals surface area contributed by atoms with Gasteiger partial charge in [0, 0.05) is 35.4 Å². The molecule has 4 rings (SSSR count). The van der Waals surface area contributed by atoms with Gasteiger partial charge in [-0.05, 0) is 68.0 Å². The smallest absolute Gasteiger partial charge is 0.337 e. The van der Waals surface area contributed by atoms with Crippen LogP contribution in [0.2, 0.25) is 0 Å². The summed E-state index contributed by atoms with van der Waals surface area (Å²) in [5.41, 5.74) is 5.75. The summed E-state index contributed by atoms with van der Waals surface area (Å²) < 4.78 is 4.68. The fraction of sp³-hybridized carbons (Fsp3) is 0.320. The SMILES string of the molecule is COC(=O)c1ccc(C(=O)NCCCNc2c3c(nc4ccccc24)CCCC3)cc1. The van der Waals surface area contributed by atoms with Gasteiger partial charge in [0.1, 0.15) is 0 Å². The molecule has 0 bridgehead atoms. The minimum Gasteiger partial charge on any atom is -0.465 e. The molecule has 0 atom stereocenters. The van der Waals surface area contributed by atoms with E-state index in [4.69, 9.17) is 4.98 Å². The fourth-order valence-corrected chi connectivity index (χ4v) is 4.06. The molecule has 160 valence electrons. The van der Waals surface area contributed by atoms with Crippen LogP contribution in [-0.2, 0) is 17.6 Å². The number of pyridine rings is 1. The summed E-state index contributed by atoms with van der Waals surface area (Å²) in [7, 11) is 1.33. The molecule has 1 amide bonds. The molecule has 31 heavy (non-hydrogen) atoms. The normalized spacial score (nSPS) is 12.8. The van der Waals surface area contributed by atoms with Crippen molar-refractivity contribution < 1.29 is 14.3 Å². The first-order valence-corrected chi connectivity index (χ1v) is 10.8. The van der Waals surface area contributed by atoms with Crippen LogP contribution < -0.4 is 10.6 Å². The van der Waals surface area contributed by atoms with Gasteiger partial charge in [-0.15, -0.1) is 0 Å². The Morgan fingerprint density at radius 2 is 1.71 bits per heavy atom. The largest absolute Gasteiger partial charge is 0.465 e. The van der Waals surface area contributed by atoms with Crippen LogP contribution in [0.4, 0.5) is 5.69 Å². The molecule has 1 heterocycles. The molecule has 0 radical (unpaired) electrons. The first-order chi connectivity index (χ1) is 15.2. The van der Waals surface area contributed by atoms with Gasteiger partial charge < -0.3 is 15.4 Å². The van der Waals surface area contributed by atoms with Crippen LogP contribution in [0.15, 0.2) is 48.5 Å². The number of esters is 1. The van der Waals surface area contributed by atoms with E-state index in [9.17, 15) is 9.59 Å². The monoisotopic (exact) mass is 417 g/mol. The molecule has 6 heteroatoms. The highest BCUT2D eigenvalue weighted by Crippen LogP contribution is 2.33. The Labute approximate surface area is 182 Å². The lowest BCUT2D eigenvalue weighted by atomic mass is 9.92. The van der Waals surface area contributed by atoms with Gasteiger partial charge in [0.15, 0.2) is 0 Å². The van der Waals surface area contributed by atoms with Gasteiger partial charge in [0.2, 0.25) is 0 Å². The number of nitrogens with one attached hydrogen (secondary N) is 2. The zero-order valence-corrected chi connectivity index (χ0v) is 17.7. The van der Waals surface area contributed by atoms with Gasteiger partial charge in [0.25, 0.3) is 5.91 Å². The van der Waals surface area contributed by atoms with E-state index < -0.39 is 5.97 Å². The maximum absolute atomic E-state index is 12.3. The maximum Gasteiger partial charge on any atom is 0.337 e. The second-order valence-electron chi connectivity index (χ2n) is 7.74. The summed E-state index contributed by atoms with van der Waals surface area (Å²) in [6.45, 7) is 1.33. The number of aryl methyl sites for hydroxylation is 1. The van der Waals surface area contributed by atoms with Crippen LogP contribution in [0, 0.1) is 0 Å². The number of nitrogens with zero attached hydrogens (tertiary/aromatic N) is 1. The van der Waals surface area contributed by atoms with Crippen LogP contribution in [0.1, 0.15) is 51.2 Å². The van der Waals surface area contributed by atoms with Gasteiger partial charge in [-0.2, -0.15) is 0 Å². The molecule has 6 nitrogen and oxygen atoms in total. The molecule has 0 saturated heterocycles. The van der Waals surface area contributed by atoms with Crippen molar-refractivity contribution >= 4 is 28.5 Å². The number of amides is 1. The lowest BCUT2D eigenvalue weighted by molar-refractivity contribution is 0.0600. The van der Waals surface area contributed by atoms with Crippen molar-refractivity contribution in [2.24, 2.45) is 0 Å². The highest BCUT2D eigenvalue weighted by atomic mass is 16.5. The number of aromatic nitrogens is 1. The van der Waals surface area contributed by atoms with Crippen LogP contribution in [0.3, 0.4) is 0 Å². The molecule has 2 N–H and O–H groups in total. The number of carbonyl (C=O) groups is 2. The third-order valence-corrected chi connectivity index (χ3v) is 5.68. The molecule has 2 aromatic carbocycles. The van der Waals surface area contributed by atoms with Gasteiger partial charge in [-0.3, -0.25) is 9.78 Å². The quantitative estimate of drug-likeness (QED) is 0.446. The van der Waals surface area contributed by atoms with E-state index in [2.05, 4.69) is 33.6 Å². The predicted molar refractivity (Wildman–Crippen MR) is 122 cm³/mol. The summed E-state index contributed by atoms with van der Waals surface area (Å²) >= 11 is 0. The highest BCUT2D eigenvalue weighted by Gasteiger charge is 2.17. The molecule has 0 unspecified atom stereocenters. The molecule has 0 spiro atoms. The van der Waals surface area contributed by atoms with Crippen molar-refractivity contribution in [3.8, 4) is 0 Å². The number of fused-ring (bicyclic) bond motifs is 2. The third-order valence-electron chi connectivity index (χ3n) is 5.68. The second kappa shape index (κ2) is 9.60.